The number of carbonyl (C=O) groups is 2. The van der Waals surface area contributed by atoms with Gasteiger partial charge in [-0.2, -0.15) is 0 Å². The van der Waals surface area contributed by atoms with Crippen LogP contribution in [0.5, 0.6) is 5.75 Å². The topological polar surface area (TPSA) is 113 Å². The number of benzene rings is 2. The van der Waals surface area contributed by atoms with Crippen LogP contribution in [-0.4, -0.2) is 65.3 Å². The van der Waals surface area contributed by atoms with Gasteiger partial charge in [0.25, 0.3) is 17.4 Å². The fraction of sp³-hybridized carbons (Fsp3) is 0.407. The largest absolute Gasteiger partial charge is 0.507 e. The fourth-order valence-electron chi connectivity index (χ4n) is 4.22. The van der Waals surface area contributed by atoms with Gasteiger partial charge in [0, 0.05) is 24.2 Å². The zero-order valence-corrected chi connectivity index (χ0v) is 21.4. The number of non-ortho nitro benzene ring substituents is 1. The number of nitro groups is 1. The van der Waals surface area contributed by atoms with E-state index in [-0.39, 0.29) is 23.6 Å². The second-order valence-corrected chi connectivity index (χ2v) is 9.68. The van der Waals surface area contributed by atoms with Crippen molar-refractivity contribution in [1.29, 1.82) is 0 Å². The van der Waals surface area contributed by atoms with E-state index in [0.29, 0.717) is 47.9 Å². The number of hydrogen-bond donors (Lipinski definition) is 1. The van der Waals surface area contributed by atoms with Crippen molar-refractivity contribution in [3.8, 4) is 5.75 Å². The van der Waals surface area contributed by atoms with E-state index in [1.165, 1.54) is 23.1 Å². The summed E-state index contributed by atoms with van der Waals surface area (Å²) in [6, 6.07) is 10.0. The minimum atomic E-state index is -0.941. The number of amides is 1. The molecule has 1 aliphatic rings. The van der Waals surface area contributed by atoms with Crippen molar-refractivity contribution in [2.75, 3.05) is 33.8 Å². The molecule has 9 heteroatoms. The van der Waals surface area contributed by atoms with E-state index in [0.717, 1.165) is 0 Å². The molecular weight excluding hydrogens is 462 g/mol. The summed E-state index contributed by atoms with van der Waals surface area (Å²) in [5.41, 5.74) is 1.22. The number of nitrogens with zero attached hydrogens (tertiary/aromatic N) is 3. The Hall–Kier alpha value is -3.72. The summed E-state index contributed by atoms with van der Waals surface area (Å²) in [5, 5.41) is 22.8. The van der Waals surface area contributed by atoms with Crippen LogP contribution in [0, 0.1) is 23.0 Å². The second kappa shape index (κ2) is 11.3. The van der Waals surface area contributed by atoms with Crippen LogP contribution in [0.1, 0.15) is 43.0 Å². The average molecular weight is 496 g/mol. The molecule has 1 atom stereocenters. The van der Waals surface area contributed by atoms with Crippen LogP contribution in [0.25, 0.3) is 5.76 Å². The third kappa shape index (κ3) is 5.91. The van der Waals surface area contributed by atoms with Gasteiger partial charge in [-0.3, -0.25) is 19.7 Å². The van der Waals surface area contributed by atoms with Crippen molar-refractivity contribution in [2.45, 2.75) is 33.2 Å². The lowest BCUT2D eigenvalue weighted by molar-refractivity contribution is -0.384. The first-order chi connectivity index (χ1) is 17.0. The van der Waals surface area contributed by atoms with E-state index in [9.17, 15) is 24.8 Å². The molecule has 3 rings (SSSR count). The summed E-state index contributed by atoms with van der Waals surface area (Å²) in [5.74, 6) is -0.878. The molecule has 1 saturated heterocycles. The third-order valence-corrected chi connectivity index (χ3v) is 5.98. The molecule has 2 aromatic carbocycles. The molecule has 1 amide bonds. The molecule has 2 aromatic rings. The molecule has 0 aromatic heterocycles. The number of aliphatic hydroxyl groups excluding tert-OH is 1. The van der Waals surface area contributed by atoms with Gasteiger partial charge in [0.05, 0.1) is 23.1 Å². The molecule has 0 saturated carbocycles. The fourth-order valence-corrected chi connectivity index (χ4v) is 4.22. The molecule has 0 aliphatic carbocycles. The first kappa shape index (κ1) is 26.9. The summed E-state index contributed by atoms with van der Waals surface area (Å²) < 4.78 is 5.76. The highest BCUT2D eigenvalue weighted by Crippen LogP contribution is 2.41. The van der Waals surface area contributed by atoms with Crippen LogP contribution in [0.4, 0.5) is 5.69 Å². The van der Waals surface area contributed by atoms with Gasteiger partial charge in [0.15, 0.2) is 0 Å². The Labute approximate surface area is 211 Å². The molecule has 192 valence electrons. The van der Waals surface area contributed by atoms with E-state index < -0.39 is 22.7 Å². The molecule has 36 heavy (non-hydrogen) atoms. The van der Waals surface area contributed by atoms with Crippen molar-refractivity contribution in [3.05, 3.63) is 74.8 Å². The highest BCUT2D eigenvalue weighted by Gasteiger charge is 2.46. The molecule has 0 spiro atoms. The SMILES string of the molecule is Cc1cc(OCC(C)C)ccc1/C(O)=C1\C(=O)C(=O)N(CCCN(C)C)[C@@H]1c1cccc([N+](=O)[O-])c1. The van der Waals surface area contributed by atoms with E-state index >= 15 is 0 Å². The van der Waals surface area contributed by atoms with Gasteiger partial charge in [-0.25, -0.2) is 0 Å². The number of aliphatic hydroxyl groups is 1. The van der Waals surface area contributed by atoms with Gasteiger partial charge in [-0.15, -0.1) is 0 Å². The maximum absolute atomic E-state index is 13.2. The summed E-state index contributed by atoms with van der Waals surface area (Å²) in [6.07, 6.45) is 0.590. The number of likely N-dealkylation sites (tertiary alicyclic amines) is 1. The smallest absolute Gasteiger partial charge is 0.295 e. The van der Waals surface area contributed by atoms with Gasteiger partial charge >= 0.3 is 0 Å². The lowest BCUT2D eigenvalue weighted by atomic mass is 9.93. The lowest BCUT2D eigenvalue weighted by Gasteiger charge is -2.26. The Morgan fingerprint density at radius 1 is 1.19 bits per heavy atom. The number of ether oxygens (including phenoxy) is 1. The predicted molar refractivity (Wildman–Crippen MR) is 137 cm³/mol. The number of carbonyl (C=O) groups excluding carboxylic acids is 2. The molecule has 0 unspecified atom stereocenters. The van der Waals surface area contributed by atoms with E-state index in [1.807, 2.05) is 32.8 Å². The van der Waals surface area contributed by atoms with Gasteiger partial charge < -0.3 is 19.6 Å². The number of aryl methyl sites for hydroxylation is 1. The quantitative estimate of drug-likeness (QED) is 0.172. The van der Waals surface area contributed by atoms with Crippen LogP contribution < -0.4 is 4.74 Å². The molecule has 1 aliphatic heterocycles. The molecule has 0 bridgehead atoms. The van der Waals surface area contributed by atoms with Crippen LogP contribution in [0.2, 0.25) is 0 Å². The summed E-state index contributed by atoms with van der Waals surface area (Å²) >= 11 is 0. The standard InChI is InChI=1S/C27H33N3O6/c1-17(2)16-36-21-10-11-22(18(3)14-21)25(31)23-24(19-8-6-9-20(15-19)30(34)35)29(27(33)26(23)32)13-7-12-28(4)5/h6,8-11,14-15,17,24,31H,7,12-13,16H2,1-5H3/b25-23+/t24-/m1/s1. The molecular formula is C27H33N3O6. The first-order valence-corrected chi connectivity index (χ1v) is 11.9. The van der Waals surface area contributed by atoms with Gasteiger partial charge in [-0.1, -0.05) is 26.0 Å². The van der Waals surface area contributed by atoms with Crippen LogP contribution in [0.15, 0.2) is 48.0 Å². The summed E-state index contributed by atoms with van der Waals surface area (Å²) in [6.45, 7) is 7.34. The lowest BCUT2D eigenvalue weighted by Crippen LogP contribution is -2.32. The summed E-state index contributed by atoms with van der Waals surface area (Å²) in [4.78, 5) is 40.5. The average Bonchev–Trinajstić information content (AvgIpc) is 3.07. The summed E-state index contributed by atoms with van der Waals surface area (Å²) in [7, 11) is 3.81. The van der Waals surface area contributed by atoms with Gasteiger partial charge in [0.2, 0.25) is 0 Å². The Kier molecular flexibility index (Phi) is 8.47. The molecule has 1 heterocycles. The first-order valence-electron chi connectivity index (χ1n) is 11.9. The highest BCUT2D eigenvalue weighted by atomic mass is 16.6. The van der Waals surface area contributed by atoms with Crippen LogP contribution in [0.3, 0.4) is 0 Å². The normalized spacial score (nSPS) is 17.3. The van der Waals surface area contributed by atoms with Crippen LogP contribution in [-0.2, 0) is 9.59 Å². The Balaban J connectivity index is 2.10. The minimum absolute atomic E-state index is 0.0794. The number of Topliss-reactive ketones (excluding diaryl/α,β-unsaturated/α-hetero) is 1. The van der Waals surface area contributed by atoms with Crippen molar-refractivity contribution >= 4 is 23.1 Å². The number of rotatable bonds is 10. The van der Waals surface area contributed by atoms with Crippen molar-refractivity contribution in [1.82, 2.24) is 9.80 Å². The monoisotopic (exact) mass is 495 g/mol. The Morgan fingerprint density at radius 3 is 2.53 bits per heavy atom. The maximum Gasteiger partial charge on any atom is 0.295 e. The van der Waals surface area contributed by atoms with E-state index in [1.54, 1.807) is 31.2 Å². The maximum atomic E-state index is 13.2. The third-order valence-electron chi connectivity index (χ3n) is 5.98. The molecule has 9 nitrogen and oxygen atoms in total. The molecule has 1 N–H and O–H groups in total. The minimum Gasteiger partial charge on any atom is -0.507 e. The number of hydrogen-bond acceptors (Lipinski definition) is 7. The van der Waals surface area contributed by atoms with Crippen molar-refractivity contribution in [3.63, 3.8) is 0 Å². The zero-order valence-electron chi connectivity index (χ0n) is 21.4. The molecule has 0 radical (unpaired) electrons. The predicted octanol–water partition coefficient (Wildman–Crippen LogP) is 4.31. The van der Waals surface area contributed by atoms with E-state index in [2.05, 4.69) is 0 Å². The van der Waals surface area contributed by atoms with Crippen molar-refractivity contribution < 1.29 is 24.4 Å². The molecule has 1 fully saturated rings. The van der Waals surface area contributed by atoms with Gasteiger partial charge in [0.1, 0.15) is 11.5 Å². The Morgan fingerprint density at radius 2 is 1.92 bits per heavy atom. The van der Waals surface area contributed by atoms with Crippen molar-refractivity contribution in [2.24, 2.45) is 5.92 Å². The highest BCUT2D eigenvalue weighted by molar-refractivity contribution is 6.46. The van der Waals surface area contributed by atoms with Gasteiger partial charge in [-0.05, 0) is 69.2 Å². The number of nitro benzene ring substituents is 1. The Bertz CT molecular complexity index is 1190. The second-order valence-electron chi connectivity index (χ2n) is 9.68. The zero-order chi connectivity index (χ0) is 26.6. The van der Waals surface area contributed by atoms with Crippen LogP contribution >= 0.6 is 0 Å². The number of ketones is 1. The van der Waals surface area contributed by atoms with E-state index in [4.69, 9.17) is 4.74 Å².